The predicted molar refractivity (Wildman–Crippen MR) is 128 cm³/mol. The van der Waals surface area contributed by atoms with E-state index < -0.39 is 24.4 Å². The van der Waals surface area contributed by atoms with Crippen LogP contribution in [0.5, 0.6) is 0 Å². The molecule has 34 heavy (non-hydrogen) atoms. The van der Waals surface area contributed by atoms with Crippen LogP contribution in [0.4, 0.5) is 8.78 Å². The van der Waals surface area contributed by atoms with Crippen LogP contribution >= 0.6 is 0 Å². The first-order valence-corrected chi connectivity index (χ1v) is 12.7. The summed E-state index contributed by atoms with van der Waals surface area (Å²) in [5.74, 6) is -3.90. The fraction of sp³-hybridized carbons (Fsp3) is 0.741. The quantitative estimate of drug-likeness (QED) is 0.183. The highest BCUT2D eigenvalue weighted by Gasteiger charge is 2.41. The molecule has 1 heterocycles. The first-order valence-electron chi connectivity index (χ1n) is 12.7. The Labute approximate surface area is 203 Å². The van der Waals surface area contributed by atoms with Crippen molar-refractivity contribution in [2.45, 2.75) is 102 Å². The number of carbonyl (C=O) groups is 1. The first-order chi connectivity index (χ1) is 16.3. The van der Waals surface area contributed by atoms with Crippen molar-refractivity contribution in [2.75, 3.05) is 13.7 Å². The molecule has 0 amide bonds. The van der Waals surface area contributed by atoms with E-state index in [1.54, 1.807) is 0 Å². The van der Waals surface area contributed by atoms with E-state index >= 15 is 8.78 Å². The van der Waals surface area contributed by atoms with E-state index in [0.717, 1.165) is 37.3 Å². The summed E-state index contributed by atoms with van der Waals surface area (Å²) >= 11 is 0. The number of ether oxygens (including phenoxy) is 3. The fourth-order valence-corrected chi connectivity index (χ4v) is 4.60. The molecule has 5 atom stereocenters. The van der Waals surface area contributed by atoms with Gasteiger partial charge in [-0.2, -0.15) is 8.78 Å². The van der Waals surface area contributed by atoms with E-state index in [-0.39, 0.29) is 24.2 Å². The minimum Gasteiger partial charge on any atom is -0.469 e. The monoisotopic (exact) mass is 484 g/mol. The number of hydrogen-bond acceptors (Lipinski definition) is 5. The summed E-state index contributed by atoms with van der Waals surface area (Å²) in [7, 11) is 1.37. The Morgan fingerprint density at radius 2 is 2.12 bits per heavy atom. The Hall–Kier alpha value is -1.57. The lowest BCUT2D eigenvalue weighted by Gasteiger charge is -2.31. The van der Waals surface area contributed by atoms with E-state index in [2.05, 4.69) is 11.3 Å². The van der Waals surface area contributed by atoms with Crippen LogP contribution in [-0.4, -0.2) is 49.2 Å². The molecule has 1 aliphatic carbocycles. The van der Waals surface area contributed by atoms with Gasteiger partial charge in [0.25, 0.3) is 5.92 Å². The number of methoxy groups -OCH3 is 1. The van der Waals surface area contributed by atoms with Gasteiger partial charge in [0.15, 0.2) is 6.29 Å². The van der Waals surface area contributed by atoms with E-state index in [9.17, 15) is 9.90 Å². The lowest BCUT2D eigenvalue weighted by Crippen LogP contribution is -2.39. The molecular weight excluding hydrogens is 442 g/mol. The van der Waals surface area contributed by atoms with Gasteiger partial charge >= 0.3 is 5.97 Å². The maximum absolute atomic E-state index is 15.2. The van der Waals surface area contributed by atoms with Gasteiger partial charge in [-0.3, -0.25) is 4.79 Å². The smallest absolute Gasteiger partial charge is 0.305 e. The molecule has 1 N–H and O–H groups in total. The number of unbranched alkanes of at least 4 members (excludes halogenated alkanes) is 2. The van der Waals surface area contributed by atoms with Crippen LogP contribution in [0, 0.1) is 11.8 Å². The number of aliphatic hydroxyl groups is 1. The molecule has 5 nitrogen and oxygen atoms in total. The molecule has 0 aromatic heterocycles. The van der Waals surface area contributed by atoms with Gasteiger partial charge in [-0.25, -0.2) is 0 Å². The number of rotatable bonds is 14. The Morgan fingerprint density at radius 3 is 2.79 bits per heavy atom. The third kappa shape index (κ3) is 9.23. The summed E-state index contributed by atoms with van der Waals surface area (Å²) in [6.45, 7) is 6.55. The van der Waals surface area contributed by atoms with Crippen molar-refractivity contribution in [3.8, 4) is 0 Å². The van der Waals surface area contributed by atoms with Crippen LogP contribution in [0.1, 0.15) is 77.6 Å². The van der Waals surface area contributed by atoms with Crippen molar-refractivity contribution >= 4 is 5.97 Å². The normalized spacial score (nSPS) is 27.0. The van der Waals surface area contributed by atoms with Gasteiger partial charge in [-0.1, -0.05) is 50.1 Å². The molecule has 2 rings (SSSR count). The zero-order valence-corrected chi connectivity index (χ0v) is 20.7. The molecule has 7 heteroatoms. The van der Waals surface area contributed by atoms with E-state index in [4.69, 9.17) is 9.47 Å². The number of esters is 1. The van der Waals surface area contributed by atoms with Crippen molar-refractivity contribution in [3.63, 3.8) is 0 Å². The largest absolute Gasteiger partial charge is 0.469 e. The van der Waals surface area contributed by atoms with Gasteiger partial charge in [0, 0.05) is 18.9 Å². The van der Waals surface area contributed by atoms with Crippen molar-refractivity contribution in [1.82, 2.24) is 0 Å². The summed E-state index contributed by atoms with van der Waals surface area (Å²) < 4.78 is 46.4. The number of hydrogen-bond donors (Lipinski definition) is 1. The summed E-state index contributed by atoms with van der Waals surface area (Å²) in [5, 5.41) is 10.5. The zero-order chi connectivity index (χ0) is 25.0. The molecule has 2 aliphatic rings. The van der Waals surface area contributed by atoms with Crippen molar-refractivity contribution in [2.24, 2.45) is 11.8 Å². The second-order valence-electron chi connectivity index (χ2n) is 9.39. The van der Waals surface area contributed by atoms with Gasteiger partial charge in [-0.15, -0.1) is 0 Å². The fourth-order valence-electron chi connectivity index (χ4n) is 4.60. The van der Waals surface area contributed by atoms with E-state index in [1.165, 1.54) is 13.2 Å². The predicted octanol–water partition coefficient (Wildman–Crippen LogP) is 6.12. The molecule has 1 aliphatic heterocycles. The van der Waals surface area contributed by atoms with Crippen molar-refractivity contribution in [3.05, 3.63) is 36.5 Å². The SMILES string of the molecule is C=C1C[C@@H](O)[C@H](CC=CCCCC(=O)OC)[C@@H]1C=CC(F)(F)C(CCCC)OC1CCCCO1. The molecule has 2 unspecified atom stereocenters. The highest BCUT2D eigenvalue weighted by molar-refractivity contribution is 5.69. The molecule has 1 saturated heterocycles. The first kappa shape index (κ1) is 28.7. The molecule has 2 fully saturated rings. The van der Waals surface area contributed by atoms with Crippen LogP contribution in [0.15, 0.2) is 36.5 Å². The molecule has 0 radical (unpaired) electrons. The molecule has 194 valence electrons. The highest BCUT2D eigenvalue weighted by atomic mass is 19.3. The van der Waals surface area contributed by atoms with Crippen LogP contribution < -0.4 is 0 Å². The maximum atomic E-state index is 15.2. The molecule has 0 aromatic carbocycles. The Balaban J connectivity index is 1.99. The van der Waals surface area contributed by atoms with Gasteiger partial charge < -0.3 is 19.3 Å². The summed E-state index contributed by atoms with van der Waals surface area (Å²) in [5.41, 5.74) is 0.769. The van der Waals surface area contributed by atoms with E-state index in [1.807, 2.05) is 19.1 Å². The average molecular weight is 485 g/mol. The number of alkyl halides is 2. The Morgan fingerprint density at radius 1 is 1.32 bits per heavy atom. The minimum absolute atomic E-state index is 0.201. The molecule has 0 bridgehead atoms. The lowest BCUT2D eigenvalue weighted by molar-refractivity contribution is -0.229. The average Bonchev–Trinajstić information content (AvgIpc) is 3.09. The maximum Gasteiger partial charge on any atom is 0.305 e. The van der Waals surface area contributed by atoms with Gasteiger partial charge in [0.1, 0.15) is 6.10 Å². The second-order valence-corrected chi connectivity index (χ2v) is 9.39. The van der Waals surface area contributed by atoms with Crippen LogP contribution in [-0.2, 0) is 19.0 Å². The third-order valence-corrected chi connectivity index (χ3v) is 6.68. The molecule has 0 spiro atoms. The van der Waals surface area contributed by atoms with Gasteiger partial charge in [-0.05, 0) is 63.4 Å². The number of allylic oxidation sites excluding steroid dienone is 3. The topological polar surface area (TPSA) is 65.0 Å². The standard InChI is InChI=1S/C27H42F2O5/c1-4-5-13-24(34-26-15-10-11-18-33-26)27(28,29)17-16-21-20(2)19-23(30)22(21)12-8-6-7-9-14-25(31)32-3/h6,8,16-17,21-24,26,30H,2,4-5,7,9-15,18-19H2,1,3H3/t21-,22-,23-,24?,26?/m1/s1. The van der Waals surface area contributed by atoms with Crippen molar-refractivity contribution < 1.29 is 32.9 Å². The van der Waals surface area contributed by atoms with Gasteiger partial charge in [0.05, 0.1) is 13.2 Å². The summed E-state index contributed by atoms with van der Waals surface area (Å²) in [6.07, 6.45) is 10.9. The number of aliphatic hydroxyl groups excluding tert-OH is 1. The van der Waals surface area contributed by atoms with Crippen LogP contribution in [0.3, 0.4) is 0 Å². The molecular formula is C27H42F2O5. The number of halogens is 2. The van der Waals surface area contributed by atoms with Crippen LogP contribution in [0.2, 0.25) is 0 Å². The Bertz CT molecular complexity index is 685. The number of carbonyl (C=O) groups excluding carboxylic acids is 1. The lowest BCUT2D eigenvalue weighted by atomic mass is 9.88. The summed E-state index contributed by atoms with van der Waals surface area (Å²) in [6, 6.07) is 0. The van der Waals surface area contributed by atoms with Gasteiger partial charge in [0.2, 0.25) is 0 Å². The van der Waals surface area contributed by atoms with Crippen molar-refractivity contribution in [1.29, 1.82) is 0 Å². The van der Waals surface area contributed by atoms with Crippen LogP contribution in [0.25, 0.3) is 0 Å². The Kier molecular flexibility index (Phi) is 12.4. The third-order valence-electron chi connectivity index (χ3n) is 6.68. The summed E-state index contributed by atoms with van der Waals surface area (Å²) in [4.78, 5) is 11.2. The second kappa shape index (κ2) is 14.7. The minimum atomic E-state index is -3.14. The van der Waals surface area contributed by atoms with E-state index in [0.29, 0.717) is 45.1 Å². The highest BCUT2D eigenvalue weighted by Crippen LogP contribution is 2.40. The molecule has 0 aromatic rings. The zero-order valence-electron chi connectivity index (χ0n) is 20.7. The molecule has 1 saturated carbocycles.